The third-order valence-electron chi connectivity index (χ3n) is 5.26. The molecule has 0 saturated carbocycles. The summed E-state index contributed by atoms with van der Waals surface area (Å²) in [5.41, 5.74) is 3.48. The van der Waals surface area contributed by atoms with Crippen LogP contribution in [-0.4, -0.2) is 53.3 Å². The molecular weight excluding hydrogens is 428 g/mol. The number of aromatic nitrogens is 3. The lowest BCUT2D eigenvalue weighted by Gasteiger charge is -2.27. The molecule has 2 aliphatic heterocycles. The lowest BCUT2D eigenvalue weighted by Crippen LogP contribution is -2.44. The monoisotopic (exact) mass is 458 g/mol. The summed E-state index contributed by atoms with van der Waals surface area (Å²) in [5.74, 6) is 0.313. The first-order valence-corrected chi connectivity index (χ1v) is 12.1. The fourth-order valence-corrected chi connectivity index (χ4v) is 4.95. The maximum atomic E-state index is 13.2. The summed E-state index contributed by atoms with van der Waals surface area (Å²) in [4.78, 5) is 24.6. The number of benzene rings is 1. The molecule has 2 heterocycles. The number of ether oxygens (including phenoxy) is 1. The van der Waals surface area contributed by atoms with Gasteiger partial charge < -0.3 is 9.72 Å². The number of H-pyrrole nitrogens is 1. The average molecular weight is 459 g/mol. The maximum Gasteiger partial charge on any atom is 0.324 e. The molecule has 1 N–H and O–H groups in total. The number of likely N-dealkylation sites (N-methyl/N-ethyl adjacent to an activating group) is 1. The number of pyridine rings is 1. The van der Waals surface area contributed by atoms with E-state index in [0.29, 0.717) is 18.7 Å². The van der Waals surface area contributed by atoms with Gasteiger partial charge in [0, 0.05) is 25.4 Å². The minimum Gasteiger partial charge on any atom is -0.465 e. The van der Waals surface area contributed by atoms with E-state index in [-0.39, 0.29) is 17.4 Å². The van der Waals surface area contributed by atoms with Gasteiger partial charge in [0.15, 0.2) is 0 Å². The van der Waals surface area contributed by atoms with Crippen LogP contribution in [0.25, 0.3) is 11.4 Å². The van der Waals surface area contributed by atoms with Gasteiger partial charge in [-0.25, -0.2) is 18.4 Å². The molecule has 8 nitrogen and oxygen atoms in total. The normalized spacial score (nSPS) is 13.1. The highest BCUT2D eigenvalue weighted by atomic mass is 32.2. The first kappa shape index (κ1) is 23.9. The summed E-state index contributed by atoms with van der Waals surface area (Å²) >= 11 is 0. The SMILES string of the molecule is CCOC(=O)[C@H](CC(C)C)N(C)S(=O)(=O)c1ccc(Cc2[nH]ccc3nc(C)nc2-3)cc1. The quantitative estimate of drug-likeness (QED) is 0.493. The molecule has 0 radical (unpaired) electrons. The van der Waals surface area contributed by atoms with Crippen LogP contribution < -0.4 is 0 Å². The van der Waals surface area contributed by atoms with Gasteiger partial charge in [0.2, 0.25) is 10.0 Å². The smallest absolute Gasteiger partial charge is 0.324 e. The number of carbonyl (C=O) groups is 1. The first-order valence-electron chi connectivity index (χ1n) is 10.7. The number of sulfonamides is 1. The van der Waals surface area contributed by atoms with Crippen LogP contribution in [-0.2, 0) is 26.0 Å². The van der Waals surface area contributed by atoms with E-state index in [1.807, 2.05) is 33.0 Å². The number of aromatic amines is 1. The van der Waals surface area contributed by atoms with Gasteiger partial charge in [0.1, 0.15) is 17.6 Å². The van der Waals surface area contributed by atoms with Gasteiger partial charge in [-0.1, -0.05) is 26.0 Å². The second-order valence-electron chi connectivity index (χ2n) is 8.20. The molecule has 0 unspecified atom stereocenters. The summed E-state index contributed by atoms with van der Waals surface area (Å²) in [6.45, 7) is 7.64. The third-order valence-corrected chi connectivity index (χ3v) is 7.14. The van der Waals surface area contributed by atoms with E-state index in [9.17, 15) is 13.2 Å². The molecule has 0 aliphatic carbocycles. The van der Waals surface area contributed by atoms with E-state index in [1.165, 1.54) is 7.05 Å². The summed E-state index contributed by atoms with van der Waals surface area (Å²) in [6.07, 6.45) is 2.76. The molecule has 3 rings (SSSR count). The van der Waals surface area contributed by atoms with Crippen molar-refractivity contribution in [3.8, 4) is 11.4 Å². The number of carbonyl (C=O) groups excluding carboxylic acids is 1. The third kappa shape index (κ3) is 5.16. The fraction of sp³-hybridized carbons (Fsp3) is 0.435. The summed E-state index contributed by atoms with van der Waals surface area (Å²) in [5, 5.41) is 0. The molecule has 172 valence electrons. The number of nitrogens with zero attached hydrogens (tertiary/aromatic N) is 3. The Bertz CT molecular complexity index is 1140. The molecule has 9 heteroatoms. The van der Waals surface area contributed by atoms with Crippen LogP contribution in [0, 0.1) is 12.8 Å². The largest absolute Gasteiger partial charge is 0.465 e. The second kappa shape index (κ2) is 9.79. The van der Waals surface area contributed by atoms with E-state index in [2.05, 4.69) is 15.0 Å². The van der Waals surface area contributed by atoms with E-state index in [0.717, 1.165) is 27.0 Å². The van der Waals surface area contributed by atoms with Crippen LogP contribution in [0.15, 0.2) is 41.4 Å². The molecule has 1 aromatic carbocycles. The van der Waals surface area contributed by atoms with Crippen LogP contribution >= 0.6 is 0 Å². The predicted molar refractivity (Wildman–Crippen MR) is 122 cm³/mol. The number of aryl methyl sites for hydroxylation is 1. The zero-order valence-electron chi connectivity index (χ0n) is 19.1. The van der Waals surface area contributed by atoms with Crippen molar-refractivity contribution < 1.29 is 17.9 Å². The van der Waals surface area contributed by atoms with E-state index in [1.54, 1.807) is 31.2 Å². The van der Waals surface area contributed by atoms with Crippen molar-refractivity contribution in [3.05, 3.63) is 53.6 Å². The number of rotatable bonds is 9. The molecule has 1 aromatic rings. The molecule has 0 fully saturated rings. The van der Waals surface area contributed by atoms with Crippen LogP contribution in [0.1, 0.15) is 44.3 Å². The minimum atomic E-state index is -3.87. The maximum absolute atomic E-state index is 13.2. The van der Waals surface area contributed by atoms with Gasteiger partial charge in [0.05, 0.1) is 17.2 Å². The summed E-state index contributed by atoms with van der Waals surface area (Å²) < 4.78 is 32.7. The molecule has 1 atom stereocenters. The molecule has 0 saturated heterocycles. The number of fused-ring (bicyclic) bond motifs is 1. The summed E-state index contributed by atoms with van der Waals surface area (Å²) in [7, 11) is -2.44. The lowest BCUT2D eigenvalue weighted by atomic mass is 10.0. The highest BCUT2D eigenvalue weighted by molar-refractivity contribution is 7.89. The van der Waals surface area contributed by atoms with Gasteiger partial charge >= 0.3 is 5.97 Å². The Kier molecular flexibility index (Phi) is 7.30. The zero-order chi connectivity index (χ0) is 23.5. The Hall–Kier alpha value is -2.78. The van der Waals surface area contributed by atoms with Gasteiger partial charge in [0.25, 0.3) is 0 Å². The molecule has 32 heavy (non-hydrogen) atoms. The standard InChI is InChI=1S/C23H30N4O4S/c1-6-31-23(28)21(13-15(2)3)27(5)32(29,30)18-9-7-17(8-10-18)14-20-22-19(11-12-24-20)25-16(4)26-22/h7-12,15,21,24H,6,13-14H2,1-5H3/t21-/m0/s1. The van der Waals surface area contributed by atoms with Gasteiger partial charge in [-0.15, -0.1) is 0 Å². The van der Waals surface area contributed by atoms with E-state index in [4.69, 9.17) is 4.74 Å². The molecule has 0 aromatic heterocycles. The van der Waals surface area contributed by atoms with Crippen molar-refractivity contribution in [1.82, 2.24) is 19.3 Å². The van der Waals surface area contributed by atoms with E-state index >= 15 is 0 Å². The van der Waals surface area contributed by atoms with Crippen LogP contribution in [0.2, 0.25) is 0 Å². The van der Waals surface area contributed by atoms with Gasteiger partial charge in [-0.2, -0.15) is 4.31 Å². The highest BCUT2D eigenvalue weighted by Crippen LogP contribution is 2.25. The number of hydrogen-bond donors (Lipinski definition) is 1. The van der Waals surface area contributed by atoms with Crippen molar-refractivity contribution in [2.24, 2.45) is 5.92 Å². The number of hydrogen-bond acceptors (Lipinski definition) is 6. The topological polar surface area (TPSA) is 105 Å². The van der Waals surface area contributed by atoms with Crippen molar-refractivity contribution >= 4 is 16.0 Å². The minimum absolute atomic E-state index is 0.131. The van der Waals surface area contributed by atoms with Crippen molar-refractivity contribution in [2.45, 2.75) is 51.5 Å². The van der Waals surface area contributed by atoms with Crippen LogP contribution in [0.5, 0.6) is 0 Å². The number of esters is 1. The Morgan fingerprint density at radius 3 is 2.47 bits per heavy atom. The second-order valence-corrected chi connectivity index (χ2v) is 10.2. The zero-order valence-corrected chi connectivity index (χ0v) is 19.9. The molecule has 2 aliphatic rings. The Morgan fingerprint density at radius 1 is 1.16 bits per heavy atom. The molecule has 0 spiro atoms. The molecular formula is C23H30N4O4S. The van der Waals surface area contributed by atoms with Crippen molar-refractivity contribution in [1.29, 1.82) is 0 Å². The molecule has 0 amide bonds. The summed E-state index contributed by atoms with van der Waals surface area (Å²) in [6, 6.07) is 7.70. The Balaban J connectivity index is 1.82. The number of imidazole rings is 1. The van der Waals surface area contributed by atoms with Crippen molar-refractivity contribution in [2.75, 3.05) is 13.7 Å². The highest BCUT2D eigenvalue weighted by Gasteiger charge is 2.34. The number of nitrogens with one attached hydrogen (secondary N) is 1. The van der Waals surface area contributed by atoms with Crippen LogP contribution in [0.3, 0.4) is 0 Å². The predicted octanol–water partition coefficient (Wildman–Crippen LogP) is 3.41. The Morgan fingerprint density at radius 2 is 1.84 bits per heavy atom. The van der Waals surface area contributed by atoms with Gasteiger partial charge in [-0.3, -0.25) is 4.79 Å². The van der Waals surface area contributed by atoms with Gasteiger partial charge in [-0.05, 0) is 49.9 Å². The van der Waals surface area contributed by atoms with Crippen LogP contribution in [0.4, 0.5) is 0 Å². The Labute approximate surface area is 189 Å². The fourth-order valence-electron chi connectivity index (χ4n) is 3.63. The lowest BCUT2D eigenvalue weighted by molar-refractivity contribution is -0.147. The van der Waals surface area contributed by atoms with Crippen molar-refractivity contribution in [3.63, 3.8) is 0 Å². The molecule has 0 bridgehead atoms. The van der Waals surface area contributed by atoms with E-state index < -0.39 is 22.0 Å². The average Bonchev–Trinajstić information content (AvgIpc) is 3.13. The first-order chi connectivity index (χ1) is 15.1.